The summed E-state index contributed by atoms with van der Waals surface area (Å²) in [6.07, 6.45) is 0. The van der Waals surface area contributed by atoms with E-state index < -0.39 is 0 Å². The Morgan fingerprint density at radius 3 is 2.62 bits per heavy atom. The van der Waals surface area contributed by atoms with Crippen molar-refractivity contribution in [3.05, 3.63) is 26.9 Å². The van der Waals surface area contributed by atoms with Gasteiger partial charge in [-0.2, -0.15) is 10.1 Å². The lowest BCUT2D eigenvalue weighted by atomic mass is 9.91. The van der Waals surface area contributed by atoms with Crippen molar-refractivity contribution in [2.24, 2.45) is 0 Å². The van der Waals surface area contributed by atoms with Gasteiger partial charge in [0.05, 0.1) is 24.4 Å². The molecule has 0 bridgehead atoms. The third-order valence-corrected chi connectivity index (χ3v) is 3.20. The van der Waals surface area contributed by atoms with Crippen LogP contribution in [0.4, 0.5) is 0 Å². The molecule has 21 heavy (non-hydrogen) atoms. The molecule has 0 fully saturated rings. The summed E-state index contributed by atoms with van der Waals surface area (Å²) >= 11 is 4.94. The van der Waals surface area contributed by atoms with E-state index in [0.29, 0.717) is 29.3 Å². The van der Waals surface area contributed by atoms with E-state index in [1.807, 2.05) is 20.8 Å². The highest BCUT2D eigenvalue weighted by atomic mass is 32.1. The van der Waals surface area contributed by atoms with Gasteiger partial charge in [-0.3, -0.25) is 15.0 Å². The zero-order chi connectivity index (χ0) is 15.6. The number of H-pyrrole nitrogens is 2. The second-order valence-corrected chi connectivity index (χ2v) is 6.12. The average molecular weight is 309 g/mol. The van der Waals surface area contributed by atoms with Crippen LogP contribution in [-0.2, 0) is 16.7 Å². The summed E-state index contributed by atoms with van der Waals surface area (Å²) in [5.74, 6) is 0.420. The zero-order valence-corrected chi connectivity index (χ0v) is 13.4. The molecule has 7 nitrogen and oxygen atoms in total. The number of hydrogen-bond donors (Lipinski definition) is 2. The first-order valence-corrected chi connectivity index (χ1v) is 7.00. The largest absolute Gasteiger partial charge is 0.383 e. The van der Waals surface area contributed by atoms with E-state index in [0.717, 1.165) is 5.69 Å². The van der Waals surface area contributed by atoms with Crippen molar-refractivity contribution in [2.75, 3.05) is 13.7 Å². The van der Waals surface area contributed by atoms with Gasteiger partial charge in [0.2, 0.25) is 4.77 Å². The van der Waals surface area contributed by atoms with Gasteiger partial charge >= 0.3 is 0 Å². The summed E-state index contributed by atoms with van der Waals surface area (Å²) in [5.41, 5.74) is 0.830. The van der Waals surface area contributed by atoms with Gasteiger partial charge in [-0.25, -0.2) is 4.68 Å². The number of methoxy groups -OCH3 is 1. The Kier molecular flexibility index (Phi) is 4.38. The smallest absolute Gasteiger partial charge is 0.277 e. The molecule has 0 unspecified atom stereocenters. The van der Waals surface area contributed by atoms with Crippen LogP contribution in [0.1, 0.15) is 26.5 Å². The Morgan fingerprint density at radius 2 is 2.10 bits per heavy atom. The SMILES string of the molecule is COCCn1nc(C(C)(C)C)cc(-c2nc(=S)[nH][nH]2)c1=O. The van der Waals surface area contributed by atoms with Crippen LogP contribution in [0.15, 0.2) is 10.9 Å². The van der Waals surface area contributed by atoms with Gasteiger partial charge in [0.15, 0.2) is 5.82 Å². The Labute approximate surface area is 127 Å². The summed E-state index contributed by atoms with van der Waals surface area (Å²) in [6, 6.07) is 1.76. The summed E-state index contributed by atoms with van der Waals surface area (Å²) in [5, 5.41) is 9.93. The van der Waals surface area contributed by atoms with Crippen molar-refractivity contribution in [1.29, 1.82) is 0 Å². The molecule has 0 aliphatic carbocycles. The van der Waals surface area contributed by atoms with Crippen LogP contribution in [0.5, 0.6) is 0 Å². The van der Waals surface area contributed by atoms with Gasteiger partial charge in [0, 0.05) is 12.5 Å². The van der Waals surface area contributed by atoms with Crippen LogP contribution in [0.3, 0.4) is 0 Å². The molecule has 2 aromatic heterocycles. The number of nitrogens with zero attached hydrogens (tertiary/aromatic N) is 3. The van der Waals surface area contributed by atoms with Gasteiger partial charge in [0.1, 0.15) is 0 Å². The number of nitrogens with one attached hydrogen (secondary N) is 2. The first-order chi connectivity index (χ1) is 9.82. The third-order valence-electron chi connectivity index (χ3n) is 3.01. The molecule has 0 radical (unpaired) electrons. The highest BCUT2D eigenvalue weighted by molar-refractivity contribution is 7.71. The fourth-order valence-corrected chi connectivity index (χ4v) is 1.95. The second kappa shape index (κ2) is 5.90. The van der Waals surface area contributed by atoms with Crippen LogP contribution in [0, 0.1) is 4.77 Å². The van der Waals surface area contributed by atoms with Crippen LogP contribution < -0.4 is 5.56 Å². The van der Waals surface area contributed by atoms with E-state index in [2.05, 4.69) is 20.3 Å². The first kappa shape index (κ1) is 15.6. The lowest BCUT2D eigenvalue weighted by molar-refractivity contribution is 0.181. The molecule has 114 valence electrons. The Bertz CT molecular complexity index is 738. The Morgan fingerprint density at radius 1 is 1.38 bits per heavy atom. The summed E-state index contributed by atoms with van der Waals surface area (Å²) in [6.45, 7) is 6.92. The van der Waals surface area contributed by atoms with Crippen molar-refractivity contribution in [1.82, 2.24) is 25.0 Å². The fourth-order valence-electron chi connectivity index (χ4n) is 1.80. The number of ether oxygens (including phenoxy) is 1. The standard InChI is InChI=1S/C13H19N5O2S/c1-13(2,3)9-7-8(10-14-12(21)16-15-10)11(19)18(17-9)5-6-20-4/h7H,5-6H2,1-4H3,(H2,14,15,16,21). The first-order valence-electron chi connectivity index (χ1n) is 6.59. The predicted octanol–water partition coefficient (Wildman–Crippen LogP) is 1.63. The van der Waals surface area contributed by atoms with Crippen molar-refractivity contribution < 1.29 is 4.74 Å². The number of rotatable bonds is 4. The Balaban J connectivity index is 2.63. The molecular formula is C13H19N5O2S. The van der Waals surface area contributed by atoms with Gasteiger partial charge in [-0.05, 0) is 18.3 Å². The molecular weight excluding hydrogens is 290 g/mol. The molecule has 2 aromatic rings. The van der Waals surface area contributed by atoms with Gasteiger partial charge in [-0.1, -0.05) is 20.8 Å². The minimum Gasteiger partial charge on any atom is -0.383 e. The minimum absolute atomic E-state index is 0.190. The number of aromatic amines is 2. The lowest BCUT2D eigenvalue weighted by Crippen LogP contribution is -2.30. The molecule has 0 atom stereocenters. The number of aromatic nitrogens is 5. The lowest BCUT2D eigenvalue weighted by Gasteiger charge is -2.19. The molecule has 0 saturated heterocycles. The van der Waals surface area contributed by atoms with Crippen molar-refractivity contribution in [2.45, 2.75) is 32.7 Å². The van der Waals surface area contributed by atoms with E-state index >= 15 is 0 Å². The van der Waals surface area contributed by atoms with Crippen molar-refractivity contribution in [3.8, 4) is 11.4 Å². The topological polar surface area (TPSA) is 88.6 Å². The van der Waals surface area contributed by atoms with Crippen molar-refractivity contribution in [3.63, 3.8) is 0 Å². The quantitative estimate of drug-likeness (QED) is 0.838. The van der Waals surface area contributed by atoms with Crippen LogP contribution in [0.2, 0.25) is 0 Å². The molecule has 0 amide bonds. The molecule has 8 heteroatoms. The molecule has 2 heterocycles. The maximum Gasteiger partial charge on any atom is 0.277 e. The summed E-state index contributed by atoms with van der Waals surface area (Å²) in [4.78, 5) is 16.6. The number of hydrogen-bond acceptors (Lipinski definition) is 5. The van der Waals surface area contributed by atoms with E-state index in [-0.39, 0.29) is 11.0 Å². The van der Waals surface area contributed by atoms with Crippen molar-refractivity contribution >= 4 is 12.2 Å². The van der Waals surface area contributed by atoms with Gasteiger partial charge in [-0.15, -0.1) is 0 Å². The van der Waals surface area contributed by atoms with Gasteiger partial charge < -0.3 is 4.74 Å². The van der Waals surface area contributed by atoms with Gasteiger partial charge in [0.25, 0.3) is 5.56 Å². The van der Waals surface area contributed by atoms with Crippen LogP contribution in [-0.4, -0.2) is 38.7 Å². The average Bonchev–Trinajstić information content (AvgIpc) is 2.82. The zero-order valence-electron chi connectivity index (χ0n) is 12.6. The summed E-state index contributed by atoms with van der Waals surface area (Å²) < 4.78 is 6.75. The Hall–Kier alpha value is -1.80. The molecule has 0 aliphatic rings. The fraction of sp³-hybridized carbons (Fsp3) is 0.538. The molecule has 0 spiro atoms. The molecule has 2 rings (SSSR count). The molecule has 0 aliphatic heterocycles. The highest BCUT2D eigenvalue weighted by Crippen LogP contribution is 2.21. The summed E-state index contributed by atoms with van der Waals surface area (Å²) in [7, 11) is 1.59. The monoisotopic (exact) mass is 309 g/mol. The maximum absolute atomic E-state index is 12.5. The highest BCUT2D eigenvalue weighted by Gasteiger charge is 2.21. The van der Waals surface area contributed by atoms with Crippen LogP contribution in [0.25, 0.3) is 11.4 Å². The van der Waals surface area contributed by atoms with E-state index in [9.17, 15) is 4.79 Å². The maximum atomic E-state index is 12.5. The molecule has 0 aromatic carbocycles. The molecule has 2 N–H and O–H groups in total. The normalized spacial score (nSPS) is 11.8. The predicted molar refractivity (Wildman–Crippen MR) is 81.8 cm³/mol. The third kappa shape index (κ3) is 3.45. The second-order valence-electron chi connectivity index (χ2n) is 5.73. The minimum atomic E-state index is -0.224. The van der Waals surface area contributed by atoms with E-state index in [4.69, 9.17) is 17.0 Å². The van der Waals surface area contributed by atoms with E-state index in [1.54, 1.807) is 13.2 Å². The van der Waals surface area contributed by atoms with Crippen LogP contribution >= 0.6 is 12.2 Å². The molecule has 0 saturated carbocycles. The van der Waals surface area contributed by atoms with E-state index in [1.165, 1.54) is 4.68 Å².